The fourth-order valence-corrected chi connectivity index (χ4v) is 4.68. The van der Waals surface area contributed by atoms with Crippen LogP contribution in [0.15, 0.2) is 24.3 Å². The molecule has 2 aliphatic heterocycles. The van der Waals surface area contributed by atoms with Gasteiger partial charge < -0.3 is 15.1 Å². The maximum Gasteiger partial charge on any atom is 0.325 e. The van der Waals surface area contributed by atoms with Gasteiger partial charge in [0.05, 0.1) is 0 Å². The van der Waals surface area contributed by atoms with Gasteiger partial charge in [0.15, 0.2) is 0 Å². The molecule has 3 aliphatic rings. The molecular formula is C21H28N4O3. The normalized spacial score (nSPS) is 21.5. The van der Waals surface area contributed by atoms with Gasteiger partial charge in [-0.05, 0) is 31.4 Å². The highest BCUT2D eigenvalue weighted by atomic mass is 16.2. The molecular weight excluding hydrogens is 356 g/mol. The number of rotatable bonds is 4. The molecule has 1 aromatic rings. The fourth-order valence-electron chi connectivity index (χ4n) is 4.68. The average molecular weight is 384 g/mol. The van der Waals surface area contributed by atoms with Crippen LogP contribution in [-0.2, 0) is 9.59 Å². The molecule has 28 heavy (non-hydrogen) atoms. The summed E-state index contributed by atoms with van der Waals surface area (Å²) in [6, 6.07) is 7.94. The Hall–Kier alpha value is -2.57. The number of hydrogen-bond donors (Lipinski definition) is 1. The maximum atomic E-state index is 12.7. The first-order chi connectivity index (χ1) is 13.5. The predicted octanol–water partition coefficient (Wildman–Crippen LogP) is 1.90. The molecule has 4 rings (SSSR count). The van der Waals surface area contributed by atoms with Gasteiger partial charge >= 0.3 is 6.03 Å². The van der Waals surface area contributed by atoms with Crippen molar-refractivity contribution in [3.05, 3.63) is 29.8 Å². The number of carbonyl (C=O) groups excluding carboxylic acids is 3. The van der Waals surface area contributed by atoms with Crippen molar-refractivity contribution in [2.75, 3.05) is 37.6 Å². The summed E-state index contributed by atoms with van der Waals surface area (Å²) < 4.78 is 0. The molecule has 7 heteroatoms. The summed E-state index contributed by atoms with van der Waals surface area (Å²) in [5.41, 5.74) is 1.76. The van der Waals surface area contributed by atoms with Crippen molar-refractivity contribution in [2.45, 2.75) is 44.6 Å². The second-order valence-electron chi connectivity index (χ2n) is 8.08. The predicted molar refractivity (Wildman–Crippen MR) is 106 cm³/mol. The van der Waals surface area contributed by atoms with Crippen LogP contribution in [0.2, 0.25) is 0 Å². The van der Waals surface area contributed by atoms with E-state index in [1.807, 2.05) is 17.0 Å². The molecule has 0 bridgehead atoms. The molecule has 0 radical (unpaired) electrons. The van der Waals surface area contributed by atoms with Crippen molar-refractivity contribution in [3.63, 3.8) is 0 Å². The molecule has 0 aromatic heterocycles. The van der Waals surface area contributed by atoms with E-state index in [2.05, 4.69) is 29.3 Å². The number of nitrogens with one attached hydrogen (secondary N) is 1. The number of aryl methyl sites for hydroxylation is 1. The Bertz CT molecular complexity index is 780. The molecule has 1 N–H and O–H groups in total. The first kappa shape index (κ1) is 18.8. The Labute approximate surface area is 165 Å². The lowest BCUT2D eigenvalue weighted by Crippen LogP contribution is -2.49. The van der Waals surface area contributed by atoms with Crippen LogP contribution in [0.5, 0.6) is 0 Å². The van der Waals surface area contributed by atoms with E-state index in [-0.39, 0.29) is 30.8 Å². The third-order valence-electron chi connectivity index (χ3n) is 6.34. The van der Waals surface area contributed by atoms with Crippen LogP contribution in [0.3, 0.4) is 0 Å². The number of urea groups is 1. The topological polar surface area (TPSA) is 73.0 Å². The van der Waals surface area contributed by atoms with Crippen molar-refractivity contribution >= 4 is 23.5 Å². The largest absolute Gasteiger partial charge is 0.368 e. The van der Waals surface area contributed by atoms with Crippen LogP contribution >= 0.6 is 0 Å². The summed E-state index contributed by atoms with van der Waals surface area (Å²) in [6.07, 6.45) is 3.54. The molecule has 0 unspecified atom stereocenters. The molecule has 2 saturated heterocycles. The molecule has 3 fully saturated rings. The average Bonchev–Trinajstić information content (AvgIpc) is 3.26. The van der Waals surface area contributed by atoms with Crippen molar-refractivity contribution < 1.29 is 14.4 Å². The second-order valence-corrected chi connectivity index (χ2v) is 8.08. The molecule has 1 aromatic carbocycles. The highest BCUT2D eigenvalue weighted by Gasteiger charge is 2.52. The third-order valence-corrected chi connectivity index (χ3v) is 6.34. The van der Waals surface area contributed by atoms with Gasteiger partial charge in [-0.2, -0.15) is 0 Å². The van der Waals surface area contributed by atoms with Crippen LogP contribution < -0.4 is 10.2 Å². The summed E-state index contributed by atoms with van der Waals surface area (Å²) in [5.74, 6) is -0.135. The van der Waals surface area contributed by atoms with E-state index in [0.717, 1.165) is 25.9 Å². The van der Waals surface area contributed by atoms with Gasteiger partial charge in [0.25, 0.3) is 5.91 Å². The number of para-hydroxylation sites is 1. The van der Waals surface area contributed by atoms with Gasteiger partial charge in [-0.3, -0.25) is 14.5 Å². The minimum Gasteiger partial charge on any atom is -0.368 e. The quantitative estimate of drug-likeness (QED) is 0.805. The first-order valence-corrected chi connectivity index (χ1v) is 10.2. The van der Waals surface area contributed by atoms with Crippen molar-refractivity contribution in [1.82, 2.24) is 15.1 Å². The lowest BCUT2D eigenvalue weighted by atomic mass is 9.98. The molecule has 0 atom stereocenters. The summed E-state index contributed by atoms with van der Waals surface area (Å²) in [7, 11) is 0. The number of benzene rings is 1. The van der Waals surface area contributed by atoms with E-state index in [1.54, 1.807) is 0 Å². The minimum absolute atomic E-state index is 0.0115. The highest BCUT2D eigenvalue weighted by molar-refractivity contribution is 6.07. The van der Waals surface area contributed by atoms with Crippen LogP contribution in [0.1, 0.15) is 37.7 Å². The number of hydrogen-bond acceptors (Lipinski definition) is 4. The van der Waals surface area contributed by atoms with Crippen LogP contribution in [-0.4, -0.2) is 65.9 Å². The van der Waals surface area contributed by atoms with Gasteiger partial charge in [0.1, 0.15) is 5.54 Å². The third kappa shape index (κ3) is 3.34. The monoisotopic (exact) mass is 384 g/mol. The first-order valence-electron chi connectivity index (χ1n) is 10.2. The lowest BCUT2D eigenvalue weighted by Gasteiger charge is -2.37. The Kier molecular flexibility index (Phi) is 5.00. The number of anilines is 1. The van der Waals surface area contributed by atoms with Crippen LogP contribution in [0, 0.1) is 6.92 Å². The van der Waals surface area contributed by atoms with E-state index in [4.69, 9.17) is 0 Å². The number of amides is 4. The standard InChI is InChI=1S/C21H28N4O3/c1-16-6-2-3-7-17(16)23-12-14-24(15-13-23)18(26)8-11-25-19(27)21(22-20(25)28)9-4-5-10-21/h2-3,6-7H,4-5,8-15H2,1H3,(H,22,28). The number of piperazine rings is 1. The summed E-state index contributed by atoms with van der Waals surface area (Å²) in [6.45, 7) is 5.19. The van der Waals surface area contributed by atoms with E-state index >= 15 is 0 Å². The summed E-state index contributed by atoms with van der Waals surface area (Å²) >= 11 is 0. The van der Waals surface area contributed by atoms with Gasteiger partial charge in [-0.15, -0.1) is 0 Å². The SMILES string of the molecule is Cc1ccccc1N1CCN(C(=O)CCN2C(=O)NC3(CCCC3)C2=O)CC1. The van der Waals surface area contributed by atoms with E-state index in [1.165, 1.54) is 16.2 Å². The number of carbonyl (C=O) groups is 3. The molecule has 1 spiro atoms. The second kappa shape index (κ2) is 7.45. The zero-order valence-corrected chi connectivity index (χ0v) is 16.4. The number of nitrogens with zero attached hydrogens (tertiary/aromatic N) is 3. The Morgan fingerprint density at radius 3 is 2.43 bits per heavy atom. The Morgan fingerprint density at radius 2 is 1.75 bits per heavy atom. The molecule has 4 amide bonds. The van der Waals surface area contributed by atoms with E-state index < -0.39 is 5.54 Å². The lowest BCUT2D eigenvalue weighted by molar-refractivity contribution is -0.133. The fraction of sp³-hybridized carbons (Fsp3) is 0.571. The smallest absolute Gasteiger partial charge is 0.325 e. The molecule has 2 heterocycles. The Morgan fingerprint density at radius 1 is 1.07 bits per heavy atom. The summed E-state index contributed by atoms with van der Waals surface area (Å²) in [5, 5.41) is 2.87. The van der Waals surface area contributed by atoms with E-state index in [0.29, 0.717) is 25.9 Å². The highest BCUT2D eigenvalue weighted by Crippen LogP contribution is 2.35. The van der Waals surface area contributed by atoms with Gasteiger partial charge in [0.2, 0.25) is 5.91 Å². The number of imide groups is 1. The van der Waals surface area contributed by atoms with Gasteiger partial charge in [0, 0.05) is 44.8 Å². The van der Waals surface area contributed by atoms with Crippen molar-refractivity contribution in [1.29, 1.82) is 0 Å². The summed E-state index contributed by atoms with van der Waals surface area (Å²) in [4.78, 5) is 42.9. The zero-order valence-electron chi connectivity index (χ0n) is 16.4. The van der Waals surface area contributed by atoms with Crippen LogP contribution in [0.25, 0.3) is 0 Å². The minimum atomic E-state index is -0.695. The Balaban J connectivity index is 1.29. The molecule has 150 valence electrons. The molecule has 1 aliphatic carbocycles. The molecule has 7 nitrogen and oxygen atoms in total. The maximum absolute atomic E-state index is 12.7. The van der Waals surface area contributed by atoms with Gasteiger partial charge in [-0.1, -0.05) is 31.0 Å². The van der Waals surface area contributed by atoms with Gasteiger partial charge in [-0.25, -0.2) is 4.79 Å². The van der Waals surface area contributed by atoms with Crippen molar-refractivity contribution in [3.8, 4) is 0 Å². The van der Waals surface area contributed by atoms with Crippen molar-refractivity contribution in [2.24, 2.45) is 0 Å². The van der Waals surface area contributed by atoms with Crippen LogP contribution in [0.4, 0.5) is 10.5 Å². The zero-order chi connectivity index (χ0) is 19.7. The van der Waals surface area contributed by atoms with E-state index in [9.17, 15) is 14.4 Å². The molecule has 1 saturated carbocycles.